The molecule has 1 rings (SSSR count). The summed E-state index contributed by atoms with van der Waals surface area (Å²) < 4.78 is 11.4. The highest BCUT2D eigenvalue weighted by Gasteiger charge is 2.07. The molecule has 0 N–H and O–H groups in total. The Morgan fingerprint density at radius 3 is 2.16 bits per heavy atom. The summed E-state index contributed by atoms with van der Waals surface area (Å²) in [4.78, 5) is 0. The zero-order chi connectivity index (χ0) is 13.9. The lowest BCUT2D eigenvalue weighted by Crippen LogP contribution is -2.17. The zero-order valence-corrected chi connectivity index (χ0v) is 12.4. The maximum atomic E-state index is 5.71. The summed E-state index contributed by atoms with van der Waals surface area (Å²) in [6.45, 7) is 7.87. The lowest BCUT2D eigenvalue weighted by atomic mass is 10.1. The first-order chi connectivity index (χ1) is 9.27. The molecule has 2 heteroatoms. The number of hydrogen-bond acceptors (Lipinski definition) is 2. The molecular weight excluding hydrogens is 236 g/mol. The maximum absolute atomic E-state index is 5.71. The number of rotatable bonds is 9. The Balaban J connectivity index is 2.53. The fraction of sp³-hybridized carbons (Fsp3) is 0.529. The molecule has 0 aromatic heterocycles. The van der Waals surface area contributed by atoms with E-state index in [1.807, 2.05) is 6.07 Å². The third kappa shape index (κ3) is 6.55. The predicted octanol–water partition coefficient (Wildman–Crippen LogP) is 4.66. The summed E-state index contributed by atoms with van der Waals surface area (Å²) in [5.41, 5.74) is 2.53. The van der Waals surface area contributed by atoms with Gasteiger partial charge in [0.15, 0.2) is 6.29 Å². The summed E-state index contributed by atoms with van der Waals surface area (Å²) in [5, 5.41) is 0. The maximum Gasteiger partial charge on any atom is 0.160 e. The van der Waals surface area contributed by atoms with Gasteiger partial charge in [0.2, 0.25) is 0 Å². The van der Waals surface area contributed by atoms with E-state index in [1.54, 1.807) is 0 Å². The largest absolute Gasteiger partial charge is 0.352 e. The van der Waals surface area contributed by atoms with Crippen LogP contribution in [0.1, 0.15) is 45.6 Å². The molecule has 0 aliphatic rings. The minimum Gasteiger partial charge on any atom is -0.352 e. The van der Waals surface area contributed by atoms with E-state index in [0.29, 0.717) is 0 Å². The van der Waals surface area contributed by atoms with Crippen LogP contribution in [0.3, 0.4) is 0 Å². The Morgan fingerprint density at radius 1 is 1.05 bits per heavy atom. The van der Waals surface area contributed by atoms with Crippen molar-refractivity contribution in [3.63, 3.8) is 0 Å². The van der Waals surface area contributed by atoms with E-state index >= 15 is 0 Å². The highest BCUT2D eigenvalue weighted by atomic mass is 16.7. The Kier molecular flexibility index (Phi) is 8.19. The van der Waals surface area contributed by atoms with Crippen molar-refractivity contribution >= 4 is 5.57 Å². The van der Waals surface area contributed by atoms with Crippen molar-refractivity contribution in [1.29, 1.82) is 0 Å². The van der Waals surface area contributed by atoms with E-state index in [9.17, 15) is 0 Å². The van der Waals surface area contributed by atoms with E-state index < -0.39 is 0 Å². The van der Waals surface area contributed by atoms with Gasteiger partial charge in [-0.25, -0.2) is 0 Å². The Labute approximate surface area is 117 Å². The predicted molar refractivity (Wildman–Crippen MR) is 81.0 cm³/mol. The monoisotopic (exact) mass is 262 g/mol. The zero-order valence-electron chi connectivity index (χ0n) is 12.4. The summed E-state index contributed by atoms with van der Waals surface area (Å²) in [7, 11) is 0. The smallest absolute Gasteiger partial charge is 0.160 e. The Bertz CT molecular complexity index is 349. The molecule has 19 heavy (non-hydrogen) atoms. The van der Waals surface area contributed by atoms with Crippen LogP contribution in [0.5, 0.6) is 0 Å². The minimum atomic E-state index is -0.112. The van der Waals surface area contributed by atoms with E-state index in [2.05, 4.69) is 51.1 Å². The van der Waals surface area contributed by atoms with Crippen molar-refractivity contribution in [2.24, 2.45) is 0 Å². The fourth-order valence-electron chi connectivity index (χ4n) is 1.77. The molecule has 0 spiro atoms. The molecular formula is C17H26O2. The summed E-state index contributed by atoms with van der Waals surface area (Å²) >= 11 is 0. The molecule has 0 radical (unpaired) electrons. The van der Waals surface area contributed by atoms with Gasteiger partial charge in [0.25, 0.3) is 0 Å². The first kappa shape index (κ1) is 15.9. The average molecular weight is 262 g/mol. The molecule has 0 unspecified atom stereocenters. The van der Waals surface area contributed by atoms with E-state index in [4.69, 9.17) is 9.47 Å². The van der Waals surface area contributed by atoms with Crippen LogP contribution in [0.4, 0.5) is 0 Å². The van der Waals surface area contributed by atoms with Crippen molar-refractivity contribution in [2.75, 3.05) is 13.2 Å². The SMILES string of the molecule is CCCOC(C/C=C(/C)c1ccccc1)OCCC. The third-order valence-electron chi connectivity index (χ3n) is 2.86. The average Bonchev–Trinajstić information content (AvgIpc) is 2.47. The molecule has 0 atom stereocenters. The quantitative estimate of drug-likeness (QED) is 0.603. The van der Waals surface area contributed by atoms with Crippen LogP contribution in [0.15, 0.2) is 36.4 Å². The van der Waals surface area contributed by atoms with E-state index in [1.165, 1.54) is 11.1 Å². The van der Waals surface area contributed by atoms with Crippen LogP contribution in [-0.2, 0) is 9.47 Å². The molecule has 0 saturated carbocycles. The molecule has 0 fully saturated rings. The van der Waals surface area contributed by atoms with Crippen LogP contribution in [0, 0.1) is 0 Å². The van der Waals surface area contributed by atoms with Crippen molar-refractivity contribution < 1.29 is 9.47 Å². The van der Waals surface area contributed by atoms with Gasteiger partial charge in [-0.1, -0.05) is 50.3 Å². The van der Waals surface area contributed by atoms with Crippen molar-refractivity contribution in [3.05, 3.63) is 42.0 Å². The van der Waals surface area contributed by atoms with Crippen LogP contribution < -0.4 is 0 Å². The fourth-order valence-corrected chi connectivity index (χ4v) is 1.77. The van der Waals surface area contributed by atoms with Crippen molar-refractivity contribution in [1.82, 2.24) is 0 Å². The van der Waals surface area contributed by atoms with Crippen LogP contribution in [0.2, 0.25) is 0 Å². The van der Waals surface area contributed by atoms with Gasteiger partial charge < -0.3 is 9.47 Å². The number of hydrogen-bond donors (Lipinski definition) is 0. The summed E-state index contributed by atoms with van der Waals surface area (Å²) in [6, 6.07) is 10.4. The molecule has 1 aromatic rings. The molecule has 0 heterocycles. The molecule has 0 saturated heterocycles. The van der Waals surface area contributed by atoms with Gasteiger partial charge in [-0.3, -0.25) is 0 Å². The molecule has 2 nitrogen and oxygen atoms in total. The van der Waals surface area contributed by atoms with Gasteiger partial charge >= 0.3 is 0 Å². The molecule has 0 amide bonds. The molecule has 106 valence electrons. The summed E-state index contributed by atoms with van der Waals surface area (Å²) in [5.74, 6) is 0. The van der Waals surface area contributed by atoms with Gasteiger partial charge in [0.05, 0.1) is 0 Å². The topological polar surface area (TPSA) is 18.5 Å². The number of ether oxygens (including phenoxy) is 2. The Morgan fingerprint density at radius 2 is 1.63 bits per heavy atom. The van der Waals surface area contributed by atoms with Gasteiger partial charge in [0, 0.05) is 19.6 Å². The van der Waals surface area contributed by atoms with Gasteiger partial charge in [0.1, 0.15) is 0 Å². The third-order valence-corrected chi connectivity index (χ3v) is 2.86. The highest BCUT2D eigenvalue weighted by molar-refractivity contribution is 5.63. The van der Waals surface area contributed by atoms with Gasteiger partial charge in [-0.2, -0.15) is 0 Å². The molecule has 1 aromatic carbocycles. The minimum absolute atomic E-state index is 0.112. The second kappa shape index (κ2) is 9.76. The number of allylic oxidation sites excluding steroid dienone is 1. The molecule has 0 aliphatic carbocycles. The lowest BCUT2D eigenvalue weighted by Gasteiger charge is -2.17. The van der Waals surface area contributed by atoms with Gasteiger partial charge in [-0.15, -0.1) is 0 Å². The number of benzene rings is 1. The molecule has 0 aliphatic heterocycles. The van der Waals surface area contributed by atoms with E-state index in [-0.39, 0.29) is 6.29 Å². The van der Waals surface area contributed by atoms with Crippen molar-refractivity contribution in [2.45, 2.75) is 46.3 Å². The van der Waals surface area contributed by atoms with Crippen LogP contribution >= 0.6 is 0 Å². The van der Waals surface area contributed by atoms with Crippen LogP contribution in [-0.4, -0.2) is 19.5 Å². The van der Waals surface area contributed by atoms with Gasteiger partial charge in [-0.05, 0) is 30.9 Å². The lowest BCUT2D eigenvalue weighted by molar-refractivity contribution is -0.139. The van der Waals surface area contributed by atoms with Crippen molar-refractivity contribution in [3.8, 4) is 0 Å². The second-order valence-corrected chi connectivity index (χ2v) is 4.66. The van der Waals surface area contributed by atoms with E-state index in [0.717, 1.165) is 32.5 Å². The van der Waals surface area contributed by atoms with Crippen LogP contribution in [0.25, 0.3) is 5.57 Å². The first-order valence-corrected chi connectivity index (χ1v) is 7.23. The molecule has 0 bridgehead atoms. The first-order valence-electron chi connectivity index (χ1n) is 7.23. The summed E-state index contributed by atoms with van der Waals surface area (Å²) in [6.07, 6.45) is 4.94. The second-order valence-electron chi connectivity index (χ2n) is 4.66. The normalized spacial score (nSPS) is 12.1. The Hall–Kier alpha value is -1.12. The highest BCUT2D eigenvalue weighted by Crippen LogP contribution is 2.15. The standard InChI is InChI=1S/C17H26O2/c1-4-13-18-17(19-14-5-2)12-11-15(3)16-9-7-6-8-10-16/h6-11,17H,4-5,12-14H2,1-3H3/b15-11-.